The number of carbonyl (C=O) groups is 2. The van der Waals surface area contributed by atoms with Gasteiger partial charge in [0.2, 0.25) is 5.91 Å². The fourth-order valence-corrected chi connectivity index (χ4v) is 2.16. The number of rotatable bonds is 4. The van der Waals surface area contributed by atoms with Crippen LogP contribution < -0.4 is 5.32 Å². The van der Waals surface area contributed by atoms with Gasteiger partial charge in [-0.25, -0.2) is 0 Å². The van der Waals surface area contributed by atoms with Gasteiger partial charge in [0.15, 0.2) is 0 Å². The first-order chi connectivity index (χ1) is 7.66. The van der Waals surface area contributed by atoms with Crippen molar-refractivity contribution in [2.24, 2.45) is 11.8 Å². The van der Waals surface area contributed by atoms with Crippen molar-refractivity contribution in [2.75, 3.05) is 13.2 Å². The molecule has 2 N–H and O–H groups in total. The number of carboxylic acids is 1. The summed E-state index contributed by atoms with van der Waals surface area (Å²) >= 11 is 0. The average molecular weight is 227 g/mol. The van der Waals surface area contributed by atoms with Gasteiger partial charge in [0.05, 0.1) is 19.3 Å². The highest BCUT2D eigenvalue weighted by molar-refractivity contribution is 5.78. The van der Waals surface area contributed by atoms with Crippen LogP contribution in [0, 0.1) is 11.8 Å². The highest BCUT2D eigenvalue weighted by Gasteiger charge is 2.35. The van der Waals surface area contributed by atoms with E-state index >= 15 is 0 Å². The van der Waals surface area contributed by atoms with Gasteiger partial charge in [-0.3, -0.25) is 9.59 Å². The molecule has 2 atom stereocenters. The molecule has 1 amide bonds. The summed E-state index contributed by atoms with van der Waals surface area (Å²) in [4.78, 5) is 22.5. The van der Waals surface area contributed by atoms with Crippen LogP contribution in [0.5, 0.6) is 0 Å². The van der Waals surface area contributed by atoms with Crippen molar-refractivity contribution in [3.8, 4) is 0 Å². The van der Waals surface area contributed by atoms with Gasteiger partial charge >= 0.3 is 5.97 Å². The van der Waals surface area contributed by atoms with Crippen molar-refractivity contribution in [3.05, 3.63) is 0 Å². The molecule has 5 nitrogen and oxygen atoms in total. The monoisotopic (exact) mass is 227 g/mol. The lowest BCUT2D eigenvalue weighted by Crippen LogP contribution is -2.43. The van der Waals surface area contributed by atoms with Crippen molar-refractivity contribution in [1.82, 2.24) is 5.32 Å². The molecule has 1 aliphatic heterocycles. The van der Waals surface area contributed by atoms with Crippen LogP contribution in [-0.4, -0.2) is 36.2 Å². The molecule has 16 heavy (non-hydrogen) atoms. The quantitative estimate of drug-likeness (QED) is 0.728. The maximum atomic E-state index is 11.6. The minimum absolute atomic E-state index is 0.0357. The van der Waals surface area contributed by atoms with Gasteiger partial charge in [-0.1, -0.05) is 6.42 Å². The van der Waals surface area contributed by atoms with Gasteiger partial charge in [0, 0.05) is 6.42 Å². The van der Waals surface area contributed by atoms with Gasteiger partial charge in [0.1, 0.15) is 5.92 Å². The maximum absolute atomic E-state index is 11.6. The van der Waals surface area contributed by atoms with Crippen LogP contribution in [-0.2, 0) is 14.3 Å². The molecular weight excluding hydrogens is 210 g/mol. The predicted molar refractivity (Wildman–Crippen MR) is 55.8 cm³/mol. The zero-order valence-corrected chi connectivity index (χ0v) is 9.15. The van der Waals surface area contributed by atoms with Crippen molar-refractivity contribution in [1.29, 1.82) is 0 Å². The smallest absolute Gasteiger partial charge is 0.311 e. The van der Waals surface area contributed by atoms with Crippen LogP contribution in [0.2, 0.25) is 0 Å². The average Bonchev–Trinajstić information content (AvgIpc) is 2.59. The van der Waals surface area contributed by atoms with Gasteiger partial charge in [-0.05, 0) is 18.8 Å². The Kier molecular flexibility index (Phi) is 3.43. The van der Waals surface area contributed by atoms with Gasteiger partial charge in [0.25, 0.3) is 0 Å². The lowest BCUT2D eigenvalue weighted by Gasteiger charge is -2.25. The van der Waals surface area contributed by atoms with E-state index in [-0.39, 0.29) is 18.6 Å². The Hall–Kier alpha value is -1.10. The number of carbonyl (C=O) groups excluding carboxylic acids is 1. The minimum atomic E-state index is -0.897. The van der Waals surface area contributed by atoms with E-state index in [9.17, 15) is 9.59 Å². The maximum Gasteiger partial charge on any atom is 0.311 e. The van der Waals surface area contributed by atoms with Crippen LogP contribution in [0.15, 0.2) is 0 Å². The van der Waals surface area contributed by atoms with Crippen molar-refractivity contribution in [3.63, 3.8) is 0 Å². The summed E-state index contributed by atoms with van der Waals surface area (Å²) in [6.45, 7) is 0.511. The Morgan fingerprint density at radius 3 is 2.62 bits per heavy atom. The first-order valence-electron chi connectivity index (χ1n) is 5.76. The summed E-state index contributed by atoms with van der Waals surface area (Å²) in [7, 11) is 0. The fourth-order valence-electron chi connectivity index (χ4n) is 2.16. The van der Waals surface area contributed by atoms with Crippen LogP contribution in [0.3, 0.4) is 0 Å². The van der Waals surface area contributed by atoms with Gasteiger partial charge in [-0.2, -0.15) is 0 Å². The van der Waals surface area contributed by atoms with E-state index in [1.807, 2.05) is 0 Å². The molecule has 2 rings (SSSR count). The Morgan fingerprint density at radius 2 is 2.06 bits per heavy atom. The largest absolute Gasteiger partial charge is 0.481 e. The Labute approximate surface area is 94.2 Å². The Balaban J connectivity index is 1.78. The van der Waals surface area contributed by atoms with Crippen molar-refractivity contribution in [2.45, 2.75) is 31.7 Å². The van der Waals surface area contributed by atoms with E-state index < -0.39 is 11.9 Å². The molecule has 0 bridgehead atoms. The first-order valence-corrected chi connectivity index (χ1v) is 5.76. The Bertz CT molecular complexity index is 288. The van der Waals surface area contributed by atoms with Crippen molar-refractivity contribution < 1.29 is 19.4 Å². The second kappa shape index (κ2) is 4.82. The number of ether oxygens (including phenoxy) is 1. The molecule has 1 saturated heterocycles. The molecule has 90 valence electrons. The number of hydrogen-bond acceptors (Lipinski definition) is 3. The van der Waals surface area contributed by atoms with E-state index in [0.717, 1.165) is 12.8 Å². The van der Waals surface area contributed by atoms with E-state index in [1.165, 1.54) is 6.42 Å². The highest BCUT2D eigenvalue weighted by atomic mass is 16.5. The van der Waals surface area contributed by atoms with Crippen LogP contribution >= 0.6 is 0 Å². The predicted octanol–water partition coefficient (Wildman–Crippen LogP) is 0.392. The third-order valence-electron chi connectivity index (χ3n) is 3.44. The summed E-state index contributed by atoms with van der Waals surface area (Å²) in [5.74, 6) is -1.02. The second-order valence-electron chi connectivity index (χ2n) is 4.66. The summed E-state index contributed by atoms with van der Waals surface area (Å²) in [5.41, 5.74) is 0. The van der Waals surface area contributed by atoms with Crippen LogP contribution in [0.25, 0.3) is 0 Å². The van der Waals surface area contributed by atoms with Gasteiger partial charge in [-0.15, -0.1) is 0 Å². The van der Waals surface area contributed by atoms with Gasteiger partial charge < -0.3 is 15.2 Å². The molecule has 1 heterocycles. The Morgan fingerprint density at radius 1 is 1.31 bits per heavy atom. The molecule has 0 spiro atoms. The highest BCUT2D eigenvalue weighted by Crippen LogP contribution is 2.29. The van der Waals surface area contributed by atoms with Crippen LogP contribution in [0.4, 0.5) is 0 Å². The first kappa shape index (κ1) is 11.4. The number of amides is 1. The van der Waals surface area contributed by atoms with Crippen molar-refractivity contribution >= 4 is 11.9 Å². The lowest BCUT2D eigenvalue weighted by atomic mass is 9.83. The number of nitrogens with one attached hydrogen (secondary N) is 1. The lowest BCUT2D eigenvalue weighted by molar-refractivity contribution is -0.142. The van der Waals surface area contributed by atoms with E-state index in [4.69, 9.17) is 9.84 Å². The fraction of sp³-hybridized carbons (Fsp3) is 0.818. The molecule has 0 aromatic carbocycles. The molecule has 0 aromatic rings. The molecule has 2 aliphatic rings. The molecule has 0 radical (unpaired) electrons. The molecule has 0 aromatic heterocycles. The normalized spacial score (nSPS) is 29.8. The molecule has 2 fully saturated rings. The van der Waals surface area contributed by atoms with E-state index in [2.05, 4.69) is 5.32 Å². The summed E-state index contributed by atoms with van der Waals surface area (Å²) in [5, 5.41) is 11.7. The minimum Gasteiger partial charge on any atom is -0.481 e. The zero-order valence-electron chi connectivity index (χ0n) is 9.15. The molecular formula is C11H17NO4. The standard InChI is InChI=1S/C11H17NO4/c13-10(4-7-2-1-3-7)12-9-6-16-5-8(9)11(14)15/h7-9H,1-6H2,(H,12,13)(H,14,15). The van der Waals surface area contributed by atoms with E-state index in [1.54, 1.807) is 0 Å². The third-order valence-corrected chi connectivity index (χ3v) is 3.44. The molecule has 1 saturated carbocycles. The summed E-state index contributed by atoms with van der Waals surface area (Å²) in [6.07, 6.45) is 3.99. The SMILES string of the molecule is O=C(CC1CCC1)NC1COCC1C(=O)O. The molecule has 1 aliphatic carbocycles. The zero-order chi connectivity index (χ0) is 11.5. The number of carboxylic acid groups (broad SMARTS) is 1. The number of hydrogen-bond donors (Lipinski definition) is 2. The molecule has 5 heteroatoms. The summed E-state index contributed by atoms with van der Waals surface area (Å²) in [6, 6.07) is -0.356. The van der Waals surface area contributed by atoms with E-state index in [0.29, 0.717) is 18.9 Å². The van der Waals surface area contributed by atoms with Crippen LogP contribution in [0.1, 0.15) is 25.7 Å². The third kappa shape index (κ3) is 2.52. The summed E-state index contributed by atoms with van der Waals surface area (Å²) < 4.78 is 5.08. The second-order valence-corrected chi connectivity index (χ2v) is 4.66. The topological polar surface area (TPSA) is 75.6 Å². The molecule has 2 unspecified atom stereocenters. The number of aliphatic carboxylic acids is 1.